The number of rotatable bonds is 2. The van der Waals surface area contributed by atoms with E-state index in [0.717, 1.165) is 10.9 Å². The first-order chi connectivity index (χ1) is 8.74. The van der Waals surface area contributed by atoms with E-state index in [1.54, 1.807) is 6.20 Å². The summed E-state index contributed by atoms with van der Waals surface area (Å²) < 4.78 is 4.99. The highest BCUT2D eigenvalue weighted by molar-refractivity contribution is 5.87. The summed E-state index contributed by atoms with van der Waals surface area (Å²) in [6.45, 7) is 0. The second-order valence-electron chi connectivity index (χ2n) is 3.80. The van der Waals surface area contributed by atoms with Crippen LogP contribution in [0.25, 0.3) is 22.2 Å². The van der Waals surface area contributed by atoms with E-state index in [-0.39, 0.29) is 5.69 Å². The highest BCUT2D eigenvalue weighted by Gasteiger charge is 2.12. The summed E-state index contributed by atoms with van der Waals surface area (Å²) in [7, 11) is 0. The molecule has 0 bridgehead atoms. The lowest BCUT2D eigenvalue weighted by Crippen LogP contribution is -1.94. The van der Waals surface area contributed by atoms with Gasteiger partial charge in [0.15, 0.2) is 11.5 Å². The lowest BCUT2D eigenvalue weighted by Gasteiger charge is -1.98. The summed E-state index contributed by atoms with van der Waals surface area (Å²) in [5.41, 5.74) is 1.46. The van der Waals surface area contributed by atoms with E-state index < -0.39 is 5.97 Å². The number of carboxylic acids is 1. The van der Waals surface area contributed by atoms with E-state index in [4.69, 9.17) is 9.63 Å². The molecule has 3 aromatic rings. The Labute approximate surface area is 102 Å². The Morgan fingerprint density at radius 2 is 2.06 bits per heavy atom. The number of aromatic carboxylic acids is 1. The molecular formula is C13H8N2O3. The third-order valence-electron chi connectivity index (χ3n) is 2.60. The van der Waals surface area contributed by atoms with Crippen molar-refractivity contribution in [2.24, 2.45) is 0 Å². The number of carboxylic acid groups (broad SMARTS) is 1. The molecule has 0 aliphatic heterocycles. The molecule has 0 saturated heterocycles. The van der Waals surface area contributed by atoms with Gasteiger partial charge in [0.2, 0.25) is 0 Å². The van der Waals surface area contributed by atoms with E-state index in [9.17, 15) is 4.79 Å². The van der Waals surface area contributed by atoms with Gasteiger partial charge in [-0.05, 0) is 12.1 Å². The van der Waals surface area contributed by atoms with Crippen LogP contribution in [0.4, 0.5) is 0 Å². The Morgan fingerprint density at radius 1 is 1.22 bits per heavy atom. The van der Waals surface area contributed by atoms with Crippen LogP contribution in [-0.4, -0.2) is 21.2 Å². The Balaban J connectivity index is 2.10. The van der Waals surface area contributed by atoms with E-state index >= 15 is 0 Å². The highest BCUT2D eigenvalue weighted by atomic mass is 16.5. The molecule has 2 heterocycles. The molecule has 0 radical (unpaired) electrons. The first-order valence-electron chi connectivity index (χ1n) is 5.29. The Kier molecular flexibility index (Phi) is 2.30. The standard InChI is InChI=1S/C13H8N2O3/c16-13(17)11-6-12(18-15-11)9-5-8-3-1-2-4-10(8)14-7-9/h1-7H,(H,16,17). The van der Waals surface area contributed by atoms with Crippen LogP contribution in [0.5, 0.6) is 0 Å². The number of hydrogen-bond acceptors (Lipinski definition) is 4. The average molecular weight is 240 g/mol. The van der Waals surface area contributed by atoms with Gasteiger partial charge in [0.1, 0.15) is 0 Å². The van der Waals surface area contributed by atoms with Gasteiger partial charge in [-0.2, -0.15) is 0 Å². The number of benzene rings is 1. The van der Waals surface area contributed by atoms with Gasteiger partial charge in [0.25, 0.3) is 0 Å². The molecule has 3 rings (SSSR count). The molecule has 1 N–H and O–H groups in total. The summed E-state index contributed by atoms with van der Waals surface area (Å²) in [4.78, 5) is 15.0. The summed E-state index contributed by atoms with van der Waals surface area (Å²) in [5, 5.41) is 13.2. The number of aromatic nitrogens is 2. The highest BCUT2D eigenvalue weighted by Crippen LogP contribution is 2.23. The molecule has 0 aliphatic carbocycles. The molecule has 5 nitrogen and oxygen atoms in total. The van der Waals surface area contributed by atoms with Crippen molar-refractivity contribution in [3.05, 3.63) is 48.3 Å². The maximum absolute atomic E-state index is 10.7. The third kappa shape index (κ3) is 1.71. The van der Waals surface area contributed by atoms with Crippen LogP contribution in [0.3, 0.4) is 0 Å². The zero-order valence-corrected chi connectivity index (χ0v) is 9.20. The third-order valence-corrected chi connectivity index (χ3v) is 2.60. The molecule has 0 saturated carbocycles. The minimum absolute atomic E-state index is 0.113. The number of nitrogens with zero attached hydrogens (tertiary/aromatic N) is 2. The molecular weight excluding hydrogens is 232 g/mol. The summed E-state index contributed by atoms with van der Waals surface area (Å²) in [6, 6.07) is 10.9. The second-order valence-corrected chi connectivity index (χ2v) is 3.80. The average Bonchev–Trinajstić information content (AvgIpc) is 2.88. The fourth-order valence-electron chi connectivity index (χ4n) is 1.72. The summed E-state index contributed by atoms with van der Waals surface area (Å²) >= 11 is 0. The zero-order chi connectivity index (χ0) is 12.5. The first-order valence-corrected chi connectivity index (χ1v) is 5.29. The SMILES string of the molecule is O=C(O)c1cc(-c2cnc3ccccc3c2)on1. The molecule has 1 aromatic carbocycles. The van der Waals surface area contributed by atoms with E-state index in [2.05, 4.69) is 10.1 Å². The predicted molar refractivity (Wildman–Crippen MR) is 64.2 cm³/mol. The second kappa shape index (κ2) is 3.96. The van der Waals surface area contributed by atoms with Crippen LogP contribution in [0.1, 0.15) is 10.5 Å². The number of hydrogen-bond donors (Lipinski definition) is 1. The molecule has 0 unspecified atom stereocenters. The van der Waals surface area contributed by atoms with Crippen LogP contribution in [0, 0.1) is 0 Å². The van der Waals surface area contributed by atoms with E-state index in [0.29, 0.717) is 11.3 Å². The van der Waals surface area contributed by atoms with Gasteiger partial charge in [0, 0.05) is 23.2 Å². The van der Waals surface area contributed by atoms with Gasteiger partial charge in [-0.25, -0.2) is 4.79 Å². The Morgan fingerprint density at radius 3 is 2.83 bits per heavy atom. The fourth-order valence-corrected chi connectivity index (χ4v) is 1.72. The van der Waals surface area contributed by atoms with Crippen LogP contribution in [-0.2, 0) is 0 Å². The summed E-state index contributed by atoms with van der Waals surface area (Å²) in [6.07, 6.45) is 1.63. The van der Waals surface area contributed by atoms with Crippen molar-refractivity contribution in [3.8, 4) is 11.3 Å². The monoisotopic (exact) mass is 240 g/mol. The molecule has 0 aliphatic rings. The molecule has 5 heteroatoms. The number of pyridine rings is 1. The van der Waals surface area contributed by atoms with Crippen molar-refractivity contribution in [3.63, 3.8) is 0 Å². The molecule has 2 aromatic heterocycles. The maximum atomic E-state index is 10.7. The topological polar surface area (TPSA) is 76.2 Å². The van der Waals surface area contributed by atoms with Crippen molar-refractivity contribution >= 4 is 16.9 Å². The predicted octanol–water partition coefficient (Wildman–Crippen LogP) is 2.59. The normalized spacial score (nSPS) is 10.7. The van der Waals surface area contributed by atoms with Gasteiger partial charge < -0.3 is 9.63 Å². The number of fused-ring (bicyclic) bond motifs is 1. The maximum Gasteiger partial charge on any atom is 0.358 e. The number of para-hydroxylation sites is 1. The van der Waals surface area contributed by atoms with Crippen LogP contribution in [0.15, 0.2) is 47.1 Å². The van der Waals surface area contributed by atoms with Crippen LogP contribution >= 0.6 is 0 Å². The van der Waals surface area contributed by atoms with Crippen LogP contribution in [0.2, 0.25) is 0 Å². The van der Waals surface area contributed by atoms with Crippen molar-refractivity contribution < 1.29 is 14.4 Å². The quantitative estimate of drug-likeness (QED) is 0.745. The van der Waals surface area contributed by atoms with Crippen molar-refractivity contribution in [2.75, 3.05) is 0 Å². The lowest BCUT2D eigenvalue weighted by molar-refractivity contribution is 0.0686. The fraction of sp³-hybridized carbons (Fsp3) is 0. The first kappa shape index (κ1) is 10.5. The molecule has 0 amide bonds. The lowest BCUT2D eigenvalue weighted by atomic mass is 10.1. The van der Waals surface area contributed by atoms with E-state index in [1.807, 2.05) is 30.3 Å². The van der Waals surface area contributed by atoms with Crippen molar-refractivity contribution in [1.82, 2.24) is 10.1 Å². The minimum Gasteiger partial charge on any atom is -0.476 e. The molecule has 0 fully saturated rings. The van der Waals surface area contributed by atoms with Crippen LogP contribution < -0.4 is 0 Å². The minimum atomic E-state index is -1.11. The smallest absolute Gasteiger partial charge is 0.358 e. The van der Waals surface area contributed by atoms with Gasteiger partial charge in [-0.1, -0.05) is 23.4 Å². The molecule has 88 valence electrons. The van der Waals surface area contributed by atoms with Gasteiger partial charge in [0.05, 0.1) is 5.52 Å². The molecule has 18 heavy (non-hydrogen) atoms. The van der Waals surface area contributed by atoms with Crippen molar-refractivity contribution in [2.45, 2.75) is 0 Å². The zero-order valence-electron chi connectivity index (χ0n) is 9.20. The summed E-state index contributed by atoms with van der Waals surface area (Å²) in [5.74, 6) is -0.718. The van der Waals surface area contributed by atoms with Gasteiger partial charge >= 0.3 is 5.97 Å². The van der Waals surface area contributed by atoms with Gasteiger partial charge in [-0.3, -0.25) is 4.98 Å². The molecule has 0 spiro atoms. The Bertz CT molecular complexity index is 734. The van der Waals surface area contributed by atoms with Crippen molar-refractivity contribution in [1.29, 1.82) is 0 Å². The molecule has 0 atom stereocenters. The number of carbonyl (C=O) groups is 1. The van der Waals surface area contributed by atoms with E-state index in [1.165, 1.54) is 6.07 Å². The Hall–Kier alpha value is -2.69. The largest absolute Gasteiger partial charge is 0.476 e. The van der Waals surface area contributed by atoms with Gasteiger partial charge in [-0.15, -0.1) is 0 Å².